The van der Waals surface area contributed by atoms with Crippen molar-refractivity contribution >= 4 is 5.91 Å². The second-order valence-corrected chi connectivity index (χ2v) is 5.81. The van der Waals surface area contributed by atoms with E-state index in [0.717, 1.165) is 24.0 Å². The summed E-state index contributed by atoms with van der Waals surface area (Å²) < 4.78 is 0. The zero-order chi connectivity index (χ0) is 15.5. The Morgan fingerprint density at radius 2 is 2.18 bits per heavy atom. The molecule has 3 rings (SSSR count). The Balaban J connectivity index is 1.89. The van der Waals surface area contributed by atoms with Crippen molar-refractivity contribution in [2.75, 3.05) is 13.2 Å². The number of hydrogen-bond donors (Lipinski definition) is 1. The molecule has 0 unspecified atom stereocenters. The van der Waals surface area contributed by atoms with E-state index in [9.17, 15) is 9.90 Å². The molecule has 4 nitrogen and oxygen atoms in total. The largest absolute Gasteiger partial charge is 0.394 e. The molecule has 1 aliphatic rings. The third-order valence-electron chi connectivity index (χ3n) is 4.19. The van der Waals surface area contributed by atoms with Crippen LogP contribution in [0.4, 0.5) is 0 Å². The molecule has 1 aromatic carbocycles. The van der Waals surface area contributed by atoms with E-state index in [-0.39, 0.29) is 18.6 Å². The topological polar surface area (TPSA) is 53.4 Å². The minimum absolute atomic E-state index is 0.0245. The summed E-state index contributed by atoms with van der Waals surface area (Å²) in [6, 6.07) is 9.97. The SMILES string of the molecule is Cc1cccc(-c2cncc(C(=O)N3CCC[C@@H]3CO)c2)c1. The van der Waals surface area contributed by atoms with E-state index in [1.807, 2.05) is 31.2 Å². The lowest BCUT2D eigenvalue weighted by Gasteiger charge is -2.23. The quantitative estimate of drug-likeness (QED) is 0.947. The van der Waals surface area contributed by atoms with Crippen LogP contribution in [0.5, 0.6) is 0 Å². The average Bonchev–Trinajstić information content (AvgIpc) is 3.03. The van der Waals surface area contributed by atoms with Gasteiger partial charge in [-0.3, -0.25) is 9.78 Å². The van der Waals surface area contributed by atoms with E-state index >= 15 is 0 Å². The van der Waals surface area contributed by atoms with Gasteiger partial charge in [-0.2, -0.15) is 0 Å². The van der Waals surface area contributed by atoms with Crippen LogP contribution in [0.25, 0.3) is 11.1 Å². The van der Waals surface area contributed by atoms with Crippen molar-refractivity contribution < 1.29 is 9.90 Å². The number of carbonyl (C=O) groups is 1. The first-order valence-electron chi connectivity index (χ1n) is 7.63. The van der Waals surface area contributed by atoms with E-state index < -0.39 is 0 Å². The van der Waals surface area contributed by atoms with Crippen molar-refractivity contribution in [2.45, 2.75) is 25.8 Å². The van der Waals surface area contributed by atoms with E-state index in [1.165, 1.54) is 5.56 Å². The van der Waals surface area contributed by atoms with Gasteiger partial charge < -0.3 is 10.0 Å². The molecule has 2 aromatic rings. The molecule has 1 N–H and O–H groups in total. The fourth-order valence-electron chi connectivity index (χ4n) is 3.00. The van der Waals surface area contributed by atoms with E-state index in [1.54, 1.807) is 17.3 Å². The van der Waals surface area contributed by atoms with E-state index in [4.69, 9.17) is 0 Å². The highest BCUT2D eigenvalue weighted by atomic mass is 16.3. The third kappa shape index (κ3) is 2.88. The zero-order valence-corrected chi connectivity index (χ0v) is 12.7. The Kier molecular flexibility index (Phi) is 4.20. The maximum atomic E-state index is 12.6. The molecule has 1 saturated heterocycles. The summed E-state index contributed by atoms with van der Waals surface area (Å²) in [4.78, 5) is 18.6. The van der Waals surface area contributed by atoms with Gasteiger partial charge in [0.15, 0.2) is 0 Å². The summed E-state index contributed by atoms with van der Waals surface area (Å²) in [5.74, 6) is -0.0430. The van der Waals surface area contributed by atoms with E-state index in [2.05, 4.69) is 11.1 Å². The molecule has 4 heteroatoms. The maximum Gasteiger partial charge on any atom is 0.255 e. The van der Waals surface area contributed by atoms with Crippen LogP contribution in [0, 0.1) is 6.92 Å². The highest BCUT2D eigenvalue weighted by Crippen LogP contribution is 2.23. The molecule has 1 aromatic heterocycles. The lowest BCUT2D eigenvalue weighted by molar-refractivity contribution is 0.0677. The fraction of sp³-hybridized carbons (Fsp3) is 0.333. The number of amides is 1. The number of aromatic nitrogens is 1. The second-order valence-electron chi connectivity index (χ2n) is 5.81. The van der Waals surface area contributed by atoms with Gasteiger partial charge in [-0.25, -0.2) is 0 Å². The van der Waals surface area contributed by atoms with Gasteiger partial charge in [0.05, 0.1) is 18.2 Å². The molecule has 1 aliphatic heterocycles. The first-order chi connectivity index (χ1) is 10.7. The standard InChI is InChI=1S/C18H20N2O2/c1-13-4-2-5-14(8-13)15-9-16(11-19-10-15)18(22)20-7-3-6-17(20)12-21/h2,4-5,8-11,17,21H,3,6-7,12H2,1H3/t17-/m1/s1. The highest BCUT2D eigenvalue weighted by Gasteiger charge is 2.28. The molecular formula is C18H20N2O2. The van der Waals surface area contributed by atoms with Crippen molar-refractivity contribution in [1.82, 2.24) is 9.88 Å². The van der Waals surface area contributed by atoms with Gasteiger partial charge in [-0.1, -0.05) is 29.8 Å². The number of hydrogen-bond acceptors (Lipinski definition) is 3. The lowest BCUT2D eigenvalue weighted by atomic mass is 10.0. The monoisotopic (exact) mass is 296 g/mol. The summed E-state index contributed by atoms with van der Waals surface area (Å²) in [5.41, 5.74) is 3.75. The van der Waals surface area contributed by atoms with Crippen LogP contribution in [-0.2, 0) is 0 Å². The van der Waals surface area contributed by atoms with Gasteiger partial charge in [0, 0.05) is 24.5 Å². The maximum absolute atomic E-state index is 12.6. The Labute approximate surface area is 130 Å². The zero-order valence-electron chi connectivity index (χ0n) is 12.7. The fourth-order valence-corrected chi connectivity index (χ4v) is 3.00. The van der Waals surface area contributed by atoms with Crippen LogP contribution < -0.4 is 0 Å². The highest BCUT2D eigenvalue weighted by molar-refractivity contribution is 5.95. The molecule has 114 valence electrons. The summed E-state index contributed by atoms with van der Waals surface area (Å²) in [5, 5.41) is 9.39. The van der Waals surface area contributed by atoms with Gasteiger partial charge in [-0.05, 0) is 31.4 Å². The third-order valence-corrected chi connectivity index (χ3v) is 4.19. The van der Waals surface area contributed by atoms with Crippen molar-refractivity contribution in [3.63, 3.8) is 0 Å². The number of benzene rings is 1. The number of aliphatic hydroxyl groups is 1. The Hall–Kier alpha value is -2.20. The number of pyridine rings is 1. The molecule has 1 amide bonds. The predicted molar refractivity (Wildman–Crippen MR) is 85.6 cm³/mol. The van der Waals surface area contributed by atoms with E-state index in [0.29, 0.717) is 12.1 Å². The van der Waals surface area contributed by atoms with Crippen LogP contribution in [0.2, 0.25) is 0 Å². The second kappa shape index (κ2) is 6.28. The summed E-state index contributed by atoms with van der Waals surface area (Å²) >= 11 is 0. The Bertz CT molecular complexity index is 684. The Morgan fingerprint density at radius 3 is 2.95 bits per heavy atom. The number of likely N-dealkylation sites (tertiary alicyclic amines) is 1. The summed E-state index contributed by atoms with van der Waals surface area (Å²) in [6.07, 6.45) is 5.20. The first kappa shape index (κ1) is 14.7. The smallest absolute Gasteiger partial charge is 0.255 e. The van der Waals surface area contributed by atoms with Crippen molar-refractivity contribution in [1.29, 1.82) is 0 Å². The van der Waals surface area contributed by atoms with Crippen LogP contribution >= 0.6 is 0 Å². The summed E-state index contributed by atoms with van der Waals surface area (Å²) in [6.45, 7) is 2.78. The van der Waals surface area contributed by atoms with Crippen LogP contribution in [-0.4, -0.2) is 40.1 Å². The number of nitrogens with zero attached hydrogens (tertiary/aromatic N) is 2. The molecule has 1 atom stereocenters. The predicted octanol–water partition coefficient (Wildman–Crippen LogP) is 2.65. The van der Waals surface area contributed by atoms with Gasteiger partial charge in [0.2, 0.25) is 0 Å². The molecule has 0 saturated carbocycles. The first-order valence-corrected chi connectivity index (χ1v) is 7.63. The minimum Gasteiger partial charge on any atom is -0.394 e. The molecule has 0 bridgehead atoms. The van der Waals surface area contributed by atoms with Gasteiger partial charge in [-0.15, -0.1) is 0 Å². The number of rotatable bonds is 3. The molecule has 0 spiro atoms. The molecule has 0 radical (unpaired) electrons. The molecule has 2 heterocycles. The molecular weight excluding hydrogens is 276 g/mol. The van der Waals surface area contributed by atoms with Crippen LogP contribution in [0.3, 0.4) is 0 Å². The molecule has 1 fully saturated rings. The van der Waals surface area contributed by atoms with Crippen molar-refractivity contribution in [2.24, 2.45) is 0 Å². The molecule has 22 heavy (non-hydrogen) atoms. The Morgan fingerprint density at radius 1 is 1.32 bits per heavy atom. The van der Waals surface area contributed by atoms with Crippen molar-refractivity contribution in [3.8, 4) is 11.1 Å². The van der Waals surface area contributed by atoms with Gasteiger partial charge >= 0.3 is 0 Å². The van der Waals surface area contributed by atoms with Gasteiger partial charge in [0.25, 0.3) is 5.91 Å². The average molecular weight is 296 g/mol. The van der Waals surface area contributed by atoms with Gasteiger partial charge in [0.1, 0.15) is 0 Å². The number of carbonyl (C=O) groups excluding carboxylic acids is 1. The minimum atomic E-state index is -0.0601. The van der Waals surface area contributed by atoms with Crippen LogP contribution in [0.1, 0.15) is 28.8 Å². The number of aliphatic hydroxyl groups excluding tert-OH is 1. The van der Waals surface area contributed by atoms with Crippen LogP contribution in [0.15, 0.2) is 42.7 Å². The normalized spacial score (nSPS) is 17.7. The molecule has 0 aliphatic carbocycles. The van der Waals surface area contributed by atoms with Crippen molar-refractivity contribution in [3.05, 3.63) is 53.9 Å². The number of aryl methyl sites for hydroxylation is 1. The summed E-state index contributed by atoms with van der Waals surface area (Å²) in [7, 11) is 0. The lowest BCUT2D eigenvalue weighted by Crippen LogP contribution is -2.37.